The average molecular weight is 305 g/mol. The summed E-state index contributed by atoms with van der Waals surface area (Å²) in [4.78, 5) is 0.195. The molecule has 0 aromatic heterocycles. The van der Waals surface area contributed by atoms with Gasteiger partial charge < -0.3 is 5.73 Å². The maximum atomic E-state index is 12.2. The summed E-state index contributed by atoms with van der Waals surface area (Å²) < 4.78 is 27.1. The molecule has 1 aromatic carbocycles. The Morgan fingerprint density at radius 2 is 1.89 bits per heavy atom. The van der Waals surface area contributed by atoms with E-state index in [1.807, 2.05) is 13.8 Å². The van der Waals surface area contributed by atoms with Crippen molar-refractivity contribution in [3.8, 4) is 0 Å². The van der Waals surface area contributed by atoms with Crippen molar-refractivity contribution in [2.24, 2.45) is 5.92 Å². The molecule has 19 heavy (non-hydrogen) atoms. The lowest BCUT2D eigenvalue weighted by Crippen LogP contribution is -2.29. The van der Waals surface area contributed by atoms with Gasteiger partial charge in [-0.2, -0.15) is 0 Å². The molecule has 0 bridgehead atoms. The van der Waals surface area contributed by atoms with Crippen molar-refractivity contribution in [2.45, 2.75) is 38.5 Å². The molecule has 0 spiro atoms. The molecule has 0 saturated carbocycles. The van der Waals surface area contributed by atoms with E-state index in [0.29, 0.717) is 23.0 Å². The molecule has 0 aliphatic rings. The largest absolute Gasteiger partial charge is 0.397 e. The first-order chi connectivity index (χ1) is 8.81. The SMILES string of the molecule is CCC(CC)CNS(=O)(=O)c1cc(N)c(Cl)cc1C. The van der Waals surface area contributed by atoms with Crippen molar-refractivity contribution >= 4 is 27.3 Å². The van der Waals surface area contributed by atoms with E-state index in [2.05, 4.69) is 4.72 Å². The van der Waals surface area contributed by atoms with E-state index in [-0.39, 0.29) is 10.6 Å². The fraction of sp³-hybridized carbons (Fsp3) is 0.538. The number of anilines is 1. The number of rotatable bonds is 6. The monoisotopic (exact) mass is 304 g/mol. The molecule has 0 heterocycles. The van der Waals surface area contributed by atoms with Crippen LogP contribution in [0.15, 0.2) is 17.0 Å². The van der Waals surface area contributed by atoms with Crippen LogP contribution in [0.4, 0.5) is 5.69 Å². The molecule has 3 N–H and O–H groups in total. The maximum absolute atomic E-state index is 12.2. The Kier molecular flexibility index (Phi) is 5.64. The van der Waals surface area contributed by atoms with E-state index >= 15 is 0 Å². The van der Waals surface area contributed by atoms with Crippen molar-refractivity contribution in [1.82, 2.24) is 4.72 Å². The van der Waals surface area contributed by atoms with Gasteiger partial charge in [0.25, 0.3) is 0 Å². The third kappa shape index (κ3) is 4.09. The average Bonchev–Trinajstić information content (AvgIpc) is 2.34. The van der Waals surface area contributed by atoms with Gasteiger partial charge in [0.2, 0.25) is 10.0 Å². The minimum atomic E-state index is -3.53. The van der Waals surface area contributed by atoms with E-state index < -0.39 is 10.0 Å². The van der Waals surface area contributed by atoms with Crippen LogP contribution in [-0.4, -0.2) is 15.0 Å². The fourth-order valence-corrected chi connectivity index (χ4v) is 3.43. The summed E-state index contributed by atoms with van der Waals surface area (Å²) in [6.45, 7) is 6.25. The van der Waals surface area contributed by atoms with Gasteiger partial charge in [-0.05, 0) is 30.5 Å². The highest BCUT2D eigenvalue weighted by Crippen LogP contribution is 2.26. The van der Waals surface area contributed by atoms with Gasteiger partial charge in [0, 0.05) is 6.54 Å². The van der Waals surface area contributed by atoms with Crippen LogP contribution in [0.1, 0.15) is 32.3 Å². The van der Waals surface area contributed by atoms with Gasteiger partial charge in [-0.1, -0.05) is 38.3 Å². The third-order valence-corrected chi connectivity index (χ3v) is 5.19. The van der Waals surface area contributed by atoms with Crippen LogP contribution in [-0.2, 0) is 10.0 Å². The first kappa shape index (κ1) is 16.3. The number of aryl methyl sites for hydroxylation is 1. The minimum absolute atomic E-state index is 0.195. The standard InChI is InChI=1S/C13H21ClN2O2S/c1-4-10(5-2)8-16-19(17,18)13-7-12(15)11(14)6-9(13)3/h6-7,10,16H,4-5,8,15H2,1-3H3. The minimum Gasteiger partial charge on any atom is -0.397 e. The second-order valence-corrected chi connectivity index (χ2v) is 6.82. The molecule has 0 aliphatic carbocycles. The molecule has 0 saturated heterocycles. The molecule has 0 atom stereocenters. The lowest BCUT2D eigenvalue weighted by molar-refractivity contribution is 0.479. The van der Waals surface area contributed by atoms with Crippen LogP contribution in [0.25, 0.3) is 0 Å². The predicted octanol–water partition coefficient (Wildman–Crippen LogP) is 2.95. The van der Waals surface area contributed by atoms with Crippen molar-refractivity contribution in [1.29, 1.82) is 0 Å². The molecule has 0 unspecified atom stereocenters. The van der Waals surface area contributed by atoms with Crippen molar-refractivity contribution in [2.75, 3.05) is 12.3 Å². The zero-order valence-corrected chi connectivity index (χ0v) is 13.1. The van der Waals surface area contributed by atoms with Gasteiger partial charge >= 0.3 is 0 Å². The van der Waals surface area contributed by atoms with Gasteiger partial charge in [-0.15, -0.1) is 0 Å². The summed E-state index contributed by atoms with van der Waals surface area (Å²) >= 11 is 5.87. The number of halogens is 1. The van der Waals surface area contributed by atoms with E-state index in [1.165, 1.54) is 6.07 Å². The summed E-state index contributed by atoms with van der Waals surface area (Å²) in [5.41, 5.74) is 6.54. The van der Waals surface area contributed by atoms with Gasteiger partial charge in [0.15, 0.2) is 0 Å². The molecule has 0 amide bonds. The highest BCUT2D eigenvalue weighted by Gasteiger charge is 2.19. The molecule has 1 rings (SSSR count). The summed E-state index contributed by atoms with van der Waals surface area (Å²) in [6.07, 6.45) is 1.89. The highest BCUT2D eigenvalue weighted by atomic mass is 35.5. The lowest BCUT2D eigenvalue weighted by atomic mass is 10.0. The highest BCUT2D eigenvalue weighted by molar-refractivity contribution is 7.89. The predicted molar refractivity (Wildman–Crippen MR) is 79.9 cm³/mol. The quantitative estimate of drug-likeness (QED) is 0.794. The lowest BCUT2D eigenvalue weighted by Gasteiger charge is -2.15. The first-order valence-electron chi connectivity index (χ1n) is 6.37. The van der Waals surface area contributed by atoms with Crippen molar-refractivity contribution in [3.63, 3.8) is 0 Å². The molecule has 6 heteroatoms. The Hall–Kier alpha value is -0.780. The summed E-state index contributed by atoms with van der Waals surface area (Å²) in [5, 5.41) is 0.372. The van der Waals surface area contributed by atoms with Crippen molar-refractivity contribution in [3.05, 3.63) is 22.7 Å². The van der Waals surface area contributed by atoms with Crippen LogP contribution in [0, 0.1) is 12.8 Å². The second kappa shape index (κ2) is 6.59. The smallest absolute Gasteiger partial charge is 0.240 e. The number of nitrogen functional groups attached to an aromatic ring is 1. The number of benzene rings is 1. The molecule has 4 nitrogen and oxygen atoms in total. The topological polar surface area (TPSA) is 72.2 Å². The van der Waals surface area contributed by atoms with E-state index in [1.54, 1.807) is 13.0 Å². The molecule has 0 fully saturated rings. The van der Waals surface area contributed by atoms with Gasteiger partial charge in [-0.3, -0.25) is 0 Å². The first-order valence-corrected chi connectivity index (χ1v) is 8.23. The molecule has 1 aromatic rings. The van der Waals surface area contributed by atoms with Crippen LogP contribution in [0.5, 0.6) is 0 Å². The molecular weight excluding hydrogens is 284 g/mol. The Morgan fingerprint density at radius 3 is 2.42 bits per heavy atom. The maximum Gasteiger partial charge on any atom is 0.240 e. The summed E-state index contributed by atoms with van der Waals surface area (Å²) in [5.74, 6) is 0.347. The van der Waals surface area contributed by atoms with Crippen LogP contribution >= 0.6 is 11.6 Å². The molecule has 0 radical (unpaired) electrons. The van der Waals surface area contributed by atoms with E-state index in [4.69, 9.17) is 17.3 Å². The number of nitrogens with one attached hydrogen (secondary N) is 1. The number of nitrogens with two attached hydrogens (primary N) is 1. The number of hydrogen-bond acceptors (Lipinski definition) is 3. The van der Waals surface area contributed by atoms with Crippen molar-refractivity contribution < 1.29 is 8.42 Å². The fourth-order valence-electron chi connectivity index (χ4n) is 1.84. The Bertz CT molecular complexity index is 540. The van der Waals surface area contributed by atoms with Crippen LogP contribution < -0.4 is 10.5 Å². The van der Waals surface area contributed by atoms with Gasteiger partial charge in [-0.25, -0.2) is 13.1 Å². The Balaban J connectivity index is 2.98. The number of sulfonamides is 1. The zero-order chi connectivity index (χ0) is 14.6. The van der Waals surface area contributed by atoms with Crippen LogP contribution in [0.3, 0.4) is 0 Å². The number of hydrogen-bond donors (Lipinski definition) is 2. The van der Waals surface area contributed by atoms with E-state index in [0.717, 1.165) is 12.8 Å². The Morgan fingerprint density at radius 1 is 1.32 bits per heavy atom. The summed E-state index contributed by atoms with van der Waals surface area (Å²) in [7, 11) is -3.53. The molecular formula is C13H21ClN2O2S. The normalized spacial score (nSPS) is 12.1. The second-order valence-electron chi connectivity index (χ2n) is 4.67. The van der Waals surface area contributed by atoms with Crippen LogP contribution in [0.2, 0.25) is 5.02 Å². The molecule has 108 valence electrons. The summed E-state index contributed by atoms with van der Waals surface area (Å²) in [6, 6.07) is 2.98. The third-order valence-electron chi connectivity index (χ3n) is 3.30. The molecule has 0 aliphatic heterocycles. The zero-order valence-electron chi connectivity index (χ0n) is 11.5. The Labute approximate surface area is 120 Å². The van der Waals surface area contributed by atoms with Gasteiger partial charge in [0.1, 0.15) is 0 Å². The van der Waals surface area contributed by atoms with E-state index in [9.17, 15) is 8.42 Å². The van der Waals surface area contributed by atoms with Gasteiger partial charge in [0.05, 0.1) is 15.6 Å².